The molecule has 2 heterocycles. The van der Waals surface area contributed by atoms with Crippen molar-refractivity contribution in [1.82, 2.24) is 15.1 Å². The average molecular weight is 120 g/mol. The van der Waals surface area contributed by atoms with Crippen molar-refractivity contribution in [1.29, 1.82) is 0 Å². The summed E-state index contributed by atoms with van der Waals surface area (Å²) < 4.78 is 1.75. The molecule has 45 valence electrons. The number of hydrogen-bond acceptors (Lipinski definition) is 1. The van der Waals surface area contributed by atoms with Gasteiger partial charge in [0, 0.05) is 12.3 Å². The molecule has 0 saturated heterocycles. The van der Waals surface area contributed by atoms with E-state index in [9.17, 15) is 0 Å². The van der Waals surface area contributed by atoms with Crippen LogP contribution in [0.5, 0.6) is 0 Å². The van der Waals surface area contributed by atoms with E-state index in [1.54, 1.807) is 10.9 Å². The number of aromatic nitrogens is 2. The topological polar surface area (TPSA) is 31.9 Å². The second kappa shape index (κ2) is 1.62. The molecular weight excluding hydrogens is 114 g/mol. The van der Waals surface area contributed by atoms with Gasteiger partial charge in [0.05, 0.1) is 12.7 Å². The maximum absolute atomic E-state index is 4.17. The Morgan fingerprint density at radius 3 is 3.44 bits per heavy atom. The molecule has 2 rings (SSSR count). The summed E-state index contributed by atoms with van der Waals surface area (Å²) in [5.41, 5.74) is 0. The third-order valence-corrected chi connectivity index (χ3v) is 1.25. The van der Waals surface area contributed by atoms with Crippen molar-refractivity contribution in [3.8, 4) is 0 Å². The van der Waals surface area contributed by atoms with Gasteiger partial charge in [-0.05, 0) is 6.08 Å². The van der Waals surface area contributed by atoms with E-state index in [1.165, 1.54) is 0 Å². The lowest BCUT2D eigenvalue weighted by Crippen LogP contribution is -2.07. The van der Waals surface area contributed by atoms with E-state index in [4.69, 9.17) is 0 Å². The van der Waals surface area contributed by atoms with Crippen molar-refractivity contribution >= 4 is 12.0 Å². The zero-order chi connectivity index (χ0) is 6.10. The van der Waals surface area contributed by atoms with Gasteiger partial charge in [-0.2, -0.15) is 5.10 Å². The van der Waals surface area contributed by atoms with Crippen LogP contribution in [0.2, 0.25) is 0 Å². The molecule has 0 unspecified atom stereocenters. The molecule has 1 aromatic rings. The van der Waals surface area contributed by atoms with Gasteiger partial charge >= 0.3 is 0 Å². The zero-order valence-corrected chi connectivity index (χ0v) is 4.86. The van der Waals surface area contributed by atoms with Crippen LogP contribution in [0.25, 0.3) is 6.20 Å². The summed E-state index contributed by atoms with van der Waals surface area (Å²) in [5.74, 6) is 0.942. The molecule has 1 radical (unpaired) electrons. The van der Waals surface area contributed by atoms with E-state index in [2.05, 4.69) is 10.4 Å². The Bertz CT molecular complexity index is 236. The standard InChI is InChI=1S/C6H6N3/c1-3-7-6-2-4-8-9(6)5-1/h1-2,4-5H,3H2. The maximum atomic E-state index is 4.17. The Kier molecular flexibility index (Phi) is 0.828. The lowest BCUT2D eigenvalue weighted by Gasteiger charge is -2.04. The minimum Gasteiger partial charge on any atom is -0.262 e. The fourth-order valence-corrected chi connectivity index (χ4v) is 0.841. The summed E-state index contributed by atoms with van der Waals surface area (Å²) >= 11 is 0. The van der Waals surface area contributed by atoms with Crippen molar-refractivity contribution < 1.29 is 0 Å². The van der Waals surface area contributed by atoms with Crippen LogP contribution in [0.1, 0.15) is 0 Å². The monoisotopic (exact) mass is 120 g/mol. The first-order valence-electron chi connectivity index (χ1n) is 2.84. The van der Waals surface area contributed by atoms with Crippen LogP contribution < -0.4 is 5.32 Å². The highest BCUT2D eigenvalue weighted by Crippen LogP contribution is 2.09. The van der Waals surface area contributed by atoms with Crippen LogP contribution >= 0.6 is 0 Å². The van der Waals surface area contributed by atoms with Crippen LogP contribution in [-0.2, 0) is 0 Å². The van der Waals surface area contributed by atoms with Crippen LogP contribution in [0, 0.1) is 0 Å². The predicted octanol–water partition coefficient (Wildman–Crippen LogP) is 0.603. The lowest BCUT2D eigenvalue weighted by atomic mass is 10.5. The molecule has 0 aliphatic carbocycles. The highest BCUT2D eigenvalue weighted by atomic mass is 15.3. The van der Waals surface area contributed by atoms with Gasteiger partial charge in [-0.25, -0.2) is 4.68 Å². The number of nitrogens with zero attached hydrogens (tertiary/aromatic N) is 3. The molecule has 0 amide bonds. The Balaban J connectivity index is 2.53. The SMILES string of the molecule is C1=Cn2nccc2[N]C1. The van der Waals surface area contributed by atoms with Crippen molar-refractivity contribution in [3.63, 3.8) is 0 Å². The molecule has 0 spiro atoms. The minimum absolute atomic E-state index is 0.783. The van der Waals surface area contributed by atoms with Gasteiger partial charge in [-0.1, -0.05) is 0 Å². The van der Waals surface area contributed by atoms with E-state index in [1.807, 2.05) is 18.3 Å². The number of hydrogen-bond donors (Lipinski definition) is 0. The predicted molar refractivity (Wildman–Crippen MR) is 34.2 cm³/mol. The first-order chi connectivity index (χ1) is 4.47. The van der Waals surface area contributed by atoms with Gasteiger partial charge in [0.1, 0.15) is 0 Å². The molecule has 0 saturated carbocycles. The van der Waals surface area contributed by atoms with Gasteiger partial charge in [0.15, 0.2) is 5.82 Å². The molecule has 0 bridgehead atoms. The molecule has 0 atom stereocenters. The first kappa shape index (κ1) is 4.61. The summed E-state index contributed by atoms with van der Waals surface area (Å²) in [7, 11) is 0. The number of rotatable bonds is 0. The Morgan fingerprint density at radius 1 is 1.56 bits per heavy atom. The second-order valence-corrected chi connectivity index (χ2v) is 1.86. The fourth-order valence-electron chi connectivity index (χ4n) is 0.841. The van der Waals surface area contributed by atoms with E-state index >= 15 is 0 Å². The first-order valence-corrected chi connectivity index (χ1v) is 2.84. The van der Waals surface area contributed by atoms with E-state index in [-0.39, 0.29) is 0 Å². The van der Waals surface area contributed by atoms with E-state index in [0.29, 0.717) is 0 Å². The second-order valence-electron chi connectivity index (χ2n) is 1.86. The van der Waals surface area contributed by atoms with Crippen LogP contribution in [0.3, 0.4) is 0 Å². The van der Waals surface area contributed by atoms with Gasteiger partial charge in [-0.15, -0.1) is 0 Å². The van der Waals surface area contributed by atoms with Crippen molar-refractivity contribution in [2.24, 2.45) is 0 Å². The van der Waals surface area contributed by atoms with Crippen LogP contribution in [0.4, 0.5) is 5.82 Å². The highest BCUT2D eigenvalue weighted by molar-refractivity contribution is 5.40. The summed E-state index contributed by atoms with van der Waals surface area (Å²) in [5, 5.41) is 8.16. The van der Waals surface area contributed by atoms with Crippen molar-refractivity contribution in [2.45, 2.75) is 0 Å². The van der Waals surface area contributed by atoms with Gasteiger partial charge < -0.3 is 0 Å². The van der Waals surface area contributed by atoms with Crippen LogP contribution in [-0.4, -0.2) is 16.3 Å². The molecule has 3 heteroatoms. The fraction of sp³-hybridized carbons (Fsp3) is 0.167. The smallest absolute Gasteiger partial charge is 0.150 e. The van der Waals surface area contributed by atoms with Gasteiger partial charge in [0.2, 0.25) is 0 Å². The molecule has 0 aromatic carbocycles. The molecule has 1 aliphatic rings. The molecule has 0 fully saturated rings. The molecule has 3 nitrogen and oxygen atoms in total. The summed E-state index contributed by atoms with van der Waals surface area (Å²) in [6.07, 6.45) is 5.64. The van der Waals surface area contributed by atoms with Crippen molar-refractivity contribution in [3.05, 3.63) is 18.3 Å². The Labute approximate surface area is 53.0 Å². The molecule has 9 heavy (non-hydrogen) atoms. The molecule has 1 aromatic heterocycles. The Morgan fingerprint density at radius 2 is 2.56 bits per heavy atom. The minimum atomic E-state index is 0.783. The number of fused-ring (bicyclic) bond motifs is 1. The quantitative estimate of drug-likeness (QED) is 0.493. The maximum Gasteiger partial charge on any atom is 0.150 e. The molecular formula is C6H6N3. The molecule has 1 aliphatic heterocycles. The average Bonchev–Trinajstić information content (AvgIpc) is 2.33. The lowest BCUT2D eigenvalue weighted by molar-refractivity contribution is 0.817. The van der Waals surface area contributed by atoms with Crippen molar-refractivity contribution in [2.75, 3.05) is 6.54 Å². The zero-order valence-electron chi connectivity index (χ0n) is 4.86. The Hall–Kier alpha value is -1.25. The largest absolute Gasteiger partial charge is 0.262 e. The summed E-state index contributed by atoms with van der Waals surface area (Å²) in [4.78, 5) is 0. The third kappa shape index (κ3) is 0.614. The normalized spacial score (nSPS) is 14.7. The molecule has 0 N–H and O–H groups in total. The van der Waals surface area contributed by atoms with Crippen LogP contribution in [0.15, 0.2) is 18.3 Å². The third-order valence-electron chi connectivity index (χ3n) is 1.25. The van der Waals surface area contributed by atoms with E-state index < -0.39 is 0 Å². The highest BCUT2D eigenvalue weighted by Gasteiger charge is 2.01. The van der Waals surface area contributed by atoms with Gasteiger partial charge in [-0.3, -0.25) is 5.32 Å². The summed E-state index contributed by atoms with van der Waals surface area (Å²) in [6, 6.07) is 1.89. The van der Waals surface area contributed by atoms with Gasteiger partial charge in [0.25, 0.3) is 0 Å². The summed E-state index contributed by atoms with van der Waals surface area (Å²) in [6.45, 7) is 0.783. The van der Waals surface area contributed by atoms with E-state index in [0.717, 1.165) is 12.4 Å².